The molecule has 1 aromatic rings. The van der Waals surface area contributed by atoms with Crippen molar-refractivity contribution in [2.45, 2.75) is 214 Å². The first-order valence-electron chi connectivity index (χ1n) is 24.5. The second-order valence-corrected chi connectivity index (χ2v) is 21.1. The highest BCUT2D eigenvalue weighted by molar-refractivity contribution is 5.87. The lowest BCUT2D eigenvalue weighted by Crippen LogP contribution is -2.78. The summed E-state index contributed by atoms with van der Waals surface area (Å²) >= 11 is 0. The molecule has 0 unspecified atom stereocenters. The van der Waals surface area contributed by atoms with Crippen LogP contribution in [0.5, 0.6) is 0 Å². The third-order valence-corrected chi connectivity index (χ3v) is 17.6. The topological polar surface area (TPSA) is 231 Å². The molecular weight excluding hydrogens is 885 g/mol. The summed E-state index contributed by atoms with van der Waals surface area (Å²) in [7, 11) is 4.62. The molecule has 3 aliphatic heterocycles. The van der Waals surface area contributed by atoms with Gasteiger partial charge in [-0.1, -0.05) is 55.8 Å². The van der Waals surface area contributed by atoms with E-state index in [1.54, 1.807) is 34.1 Å². The van der Waals surface area contributed by atoms with Crippen LogP contribution in [0, 0.1) is 16.7 Å². The summed E-state index contributed by atoms with van der Waals surface area (Å²) in [6.07, 6.45) is -4.03. The van der Waals surface area contributed by atoms with E-state index in [4.69, 9.17) is 47.4 Å². The molecular formula is C51H76O17. The van der Waals surface area contributed by atoms with Gasteiger partial charge in [-0.25, -0.2) is 4.79 Å². The van der Waals surface area contributed by atoms with E-state index in [-0.39, 0.29) is 31.8 Å². The van der Waals surface area contributed by atoms with Gasteiger partial charge in [0.1, 0.15) is 53.4 Å². The third kappa shape index (κ3) is 8.76. The molecule has 4 aliphatic carbocycles. The van der Waals surface area contributed by atoms with E-state index < -0.39 is 132 Å². The minimum Gasteiger partial charge on any atom is -0.458 e. The van der Waals surface area contributed by atoms with Crippen LogP contribution in [0.1, 0.15) is 105 Å². The molecule has 0 bridgehead atoms. The molecule has 17 heteroatoms. The highest BCUT2D eigenvalue weighted by Gasteiger charge is 2.81. The fourth-order valence-corrected chi connectivity index (χ4v) is 13.5. The maximum atomic E-state index is 13.6. The highest BCUT2D eigenvalue weighted by atomic mass is 16.8. The summed E-state index contributed by atoms with van der Waals surface area (Å²) in [5.41, 5.74) is -5.80. The molecule has 0 radical (unpaired) electrons. The van der Waals surface area contributed by atoms with Crippen LogP contribution < -0.4 is 0 Å². The number of methoxy groups -OCH3 is 3. The Labute approximate surface area is 399 Å². The van der Waals surface area contributed by atoms with Crippen molar-refractivity contribution in [1.29, 1.82) is 0 Å². The standard InChI is InChI=1S/C51H76O17/c1-27-41(54)45(61-9)42(55)46(64-27)68-44-29(3)63-40(25-35(44)60-8)67-43-28(2)62-39(24-34(43)59-7)65-33-18-19-47(5)32(23-33)17-20-50(57)36(47)26-37(66-38(53)16-15-31-13-11-10-12-14-31)48(6)49(56,30(4)52)21-22-51(48,50)58/h10-17,27-30,33-37,39-46,52,54-58H,18-26H2,1-9H3/t27-,28-,29-,30+,33+,34+,35+,36-,37-,39+,40+,41-,42-,43-,44-,45+,46+,47+,48-,49-,50+,51-/m1/s1. The van der Waals surface area contributed by atoms with Gasteiger partial charge in [0.25, 0.3) is 0 Å². The van der Waals surface area contributed by atoms with Gasteiger partial charge in [-0.2, -0.15) is 0 Å². The van der Waals surface area contributed by atoms with Crippen molar-refractivity contribution in [2.24, 2.45) is 16.7 Å². The number of aliphatic hydroxyl groups is 6. The molecule has 8 rings (SSSR count). The Morgan fingerprint density at radius 2 is 1.41 bits per heavy atom. The maximum Gasteiger partial charge on any atom is 0.331 e. The average molecular weight is 961 g/mol. The minimum atomic E-state index is -1.91. The summed E-state index contributed by atoms with van der Waals surface area (Å²) in [6.45, 7) is 10.7. The second kappa shape index (κ2) is 19.9. The lowest BCUT2D eigenvalue weighted by molar-refractivity contribution is -0.352. The zero-order chi connectivity index (χ0) is 49.1. The van der Waals surface area contributed by atoms with E-state index in [9.17, 15) is 35.4 Å². The van der Waals surface area contributed by atoms with E-state index >= 15 is 0 Å². The van der Waals surface area contributed by atoms with Crippen molar-refractivity contribution in [3.8, 4) is 0 Å². The Kier molecular flexibility index (Phi) is 15.2. The Bertz CT molecular complexity index is 1970. The number of rotatable bonds is 13. The third-order valence-electron chi connectivity index (χ3n) is 17.6. The summed E-state index contributed by atoms with van der Waals surface area (Å²) in [6, 6.07) is 9.33. The van der Waals surface area contributed by atoms with Crippen LogP contribution in [0.25, 0.3) is 6.08 Å². The molecule has 1 aromatic carbocycles. The molecule has 6 N–H and O–H groups in total. The van der Waals surface area contributed by atoms with E-state index in [2.05, 4.69) is 6.92 Å². The Balaban J connectivity index is 0.922. The SMILES string of the molecule is CO[C@@H]1[C@@H](O)[C@H](O[C@H]2[C@@H](OC)C[C@H](O[C@H]3[C@@H](OC)C[C@H](O[C@H]4CC[C@@]5(C)C(=CC[C@]6(O)[C@@H]5C[C@@H](OC(=O)C=Cc5ccccc5)[C@@]5(C)[C@]6(O)CC[C@@]5(O)[C@H](C)O)C4)O[C@@H]3C)O[C@@H]2C)O[C@H](C)[C@H]1O. The monoisotopic (exact) mass is 961 g/mol. The van der Waals surface area contributed by atoms with Crippen molar-refractivity contribution >= 4 is 12.0 Å². The number of hydrogen-bond donors (Lipinski definition) is 6. The number of carbonyl (C=O) groups is 1. The van der Waals surface area contributed by atoms with Crippen molar-refractivity contribution in [1.82, 2.24) is 0 Å². The molecule has 17 nitrogen and oxygen atoms in total. The molecule has 22 atom stereocenters. The maximum absolute atomic E-state index is 13.6. The zero-order valence-electron chi connectivity index (χ0n) is 41.0. The summed E-state index contributed by atoms with van der Waals surface area (Å²) in [5.74, 6) is -1.20. The Morgan fingerprint density at radius 3 is 2.03 bits per heavy atom. The fraction of sp³-hybridized carbons (Fsp3) is 0.784. The van der Waals surface area contributed by atoms with Crippen LogP contribution in [-0.4, -0.2) is 173 Å². The first-order chi connectivity index (χ1) is 32.2. The normalized spacial score (nSPS) is 48.8. The van der Waals surface area contributed by atoms with Gasteiger partial charge in [0, 0.05) is 46.2 Å². The lowest BCUT2D eigenvalue weighted by Gasteiger charge is -2.67. The van der Waals surface area contributed by atoms with Crippen LogP contribution >= 0.6 is 0 Å². The summed E-state index contributed by atoms with van der Waals surface area (Å²) in [4.78, 5) is 13.6. The molecule has 0 aromatic heterocycles. The Hall–Kier alpha value is -2.43. The number of esters is 1. The quantitative estimate of drug-likeness (QED) is 0.0945. The van der Waals surface area contributed by atoms with Gasteiger partial charge < -0.3 is 78.0 Å². The number of aliphatic hydroxyl groups excluding tert-OH is 3. The average Bonchev–Trinajstić information content (AvgIpc) is 3.54. The van der Waals surface area contributed by atoms with E-state index in [1.165, 1.54) is 20.1 Å². The van der Waals surface area contributed by atoms with Gasteiger partial charge in [0.05, 0.1) is 48.1 Å². The van der Waals surface area contributed by atoms with Crippen LogP contribution in [0.15, 0.2) is 48.1 Å². The second-order valence-electron chi connectivity index (χ2n) is 21.1. The van der Waals surface area contributed by atoms with Crippen molar-refractivity contribution in [3.63, 3.8) is 0 Å². The van der Waals surface area contributed by atoms with Crippen LogP contribution in [0.2, 0.25) is 0 Å². The van der Waals surface area contributed by atoms with Gasteiger partial charge in [-0.05, 0) is 89.7 Å². The number of benzene rings is 1. The molecule has 382 valence electrons. The van der Waals surface area contributed by atoms with Crippen molar-refractivity contribution in [2.75, 3.05) is 21.3 Å². The number of carbonyl (C=O) groups excluding carboxylic acids is 1. The smallest absolute Gasteiger partial charge is 0.331 e. The van der Waals surface area contributed by atoms with Gasteiger partial charge >= 0.3 is 5.97 Å². The molecule has 0 amide bonds. The first-order valence-corrected chi connectivity index (χ1v) is 24.5. The molecule has 6 fully saturated rings. The predicted octanol–water partition coefficient (Wildman–Crippen LogP) is 3.46. The largest absolute Gasteiger partial charge is 0.458 e. The predicted molar refractivity (Wildman–Crippen MR) is 243 cm³/mol. The zero-order valence-corrected chi connectivity index (χ0v) is 41.0. The van der Waals surface area contributed by atoms with Gasteiger partial charge in [0.2, 0.25) is 0 Å². The van der Waals surface area contributed by atoms with Crippen LogP contribution in [0.3, 0.4) is 0 Å². The first kappa shape index (κ1) is 51.9. The molecule has 3 saturated heterocycles. The lowest BCUT2D eigenvalue weighted by atomic mass is 9.42. The summed E-state index contributed by atoms with van der Waals surface area (Å²) < 4.78 is 61.7. The van der Waals surface area contributed by atoms with Crippen LogP contribution in [-0.2, 0) is 52.2 Å². The van der Waals surface area contributed by atoms with Crippen LogP contribution in [0.4, 0.5) is 0 Å². The number of ether oxygens (including phenoxy) is 10. The van der Waals surface area contributed by atoms with E-state index in [0.29, 0.717) is 32.1 Å². The fourth-order valence-electron chi connectivity index (χ4n) is 13.5. The molecule has 3 heterocycles. The molecule has 68 heavy (non-hydrogen) atoms. The van der Waals surface area contributed by atoms with Gasteiger partial charge in [-0.3, -0.25) is 0 Å². The number of fused-ring (bicyclic) bond motifs is 5. The number of hydrogen-bond acceptors (Lipinski definition) is 17. The molecule has 0 spiro atoms. The van der Waals surface area contributed by atoms with Gasteiger partial charge in [-0.15, -0.1) is 0 Å². The van der Waals surface area contributed by atoms with Crippen molar-refractivity contribution < 1.29 is 82.8 Å². The molecule has 3 saturated carbocycles. The van der Waals surface area contributed by atoms with Gasteiger partial charge in [0.15, 0.2) is 18.9 Å². The van der Waals surface area contributed by atoms with Crippen molar-refractivity contribution in [3.05, 3.63) is 53.6 Å². The summed E-state index contributed by atoms with van der Waals surface area (Å²) in [5, 5.41) is 70.6. The minimum absolute atomic E-state index is 0.00945. The van der Waals surface area contributed by atoms with E-state index in [0.717, 1.165) is 11.1 Å². The molecule has 7 aliphatic rings. The van der Waals surface area contributed by atoms with E-state index in [1.807, 2.05) is 50.3 Å². The Morgan fingerprint density at radius 1 is 0.779 bits per heavy atom. The highest BCUT2D eigenvalue weighted by Crippen LogP contribution is 2.71.